The second kappa shape index (κ2) is 18.9. The number of allylic oxidation sites excluding steroid dienone is 6. The molecule has 0 saturated heterocycles. The van der Waals surface area contributed by atoms with Crippen LogP contribution in [0.1, 0.15) is 124 Å². The number of aliphatic hydroxyl groups is 1. The number of anilines is 1. The zero-order valence-electron chi connectivity index (χ0n) is 30.0. The molecule has 0 spiro atoms. The van der Waals surface area contributed by atoms with Gasteiger partial charge in [0.25, 0.3) is 0 Å². The molecule has 4 unspecified atom stereocenters. The Morgan fingerprint density at radius 1 is 1.17 bits per heavy atom. The van der Waals surface area contributed by atoms with Gasteiger partial charge in [-0.25, -0.2) is 4.39 Å². The number of benzene rings is 1. The predicted octanol–water partition coefficient (Wildman–Crippen LogP) is 10.4. The summed E-state index contributed by atoms with van der Waals surface area (Å²) < 4.78 is 14.7. The fraction of sp³-hybridized carbons (Fsp3) is 0.575. The van der Waals surface area contributed by atoms with E-state index in [0.717, 1.165) is 60.9 Å². The van der Waals surface area contributed by atoms with E-state index in [1.54, 1.807) is 18.6 Å². The minimum atomic E-state index is -1.46. The lowest BCUT2D eigenvalue weighted by atomic mass is 9.64. The molecule has 3 saturated carbocycles. The van der Waals surface area contributed by atoms with Crippen LogP contribution in [-0.4, -0.2) is 37.1 Å². The Kier molecular flexibility index (Phi) is 16.3. The van der Waals surface area contributed by atoms with Crippen molar-refractivity contribution >= 4 is 26.8 Å². The second-order valence-electron chi connectivity index (χ2n) is 13.2. The number of aliphatic hydroxyl groups excluding tert-OH is 1. The molecule has 6 heteroatoms. The van der Waals surface area contributed by atoms with Crippen LogP contribution < -0.4 is 10.2 Å². The van der Waals surface area contributed by atoms with Crippen LogP contribution in [0, 0.1) is 5.41 Å². The normalized spacial score (nSPS) is 23.6. The van der Waals surface area contributed by atoms with Gasteiger partial charge in [0.2, 0.25) is 0 Å². The fourth-order valence-corrected chi connectivity index (χ4v) is 6.71. The minimum Gasteiger partial charge on any atom is -0.393 e. The number of alkyl halides is 1. The van der Waals surface area contributed by atoms with Crippen molar-refractivity contribution in [2.24, 2.45) is 5.41 Å². The van der Waals surface area contributed by atoms with Gasteiger partial charge in [0.05, 0.1) is 6.10 Å². The van der Waals surface area contributed by atoms with Gasteiger partial charge in [-0.15, -0.1) is 0 Å². The van der Waals surface area contributed by atoms with Crippen LogP contribution >= 0.6 is 9.24 Å². The van der Waals surface area contributed by atoms with Crippen molar-refractivity contribution in [3.63, 3.8) is 0 Å². The first kappa shape index (κ1) is 39.8. The highest BCUT2D eigenvalue weighted by Gasteiger charge is 2.42. The SMILES string of the molecule is C/C=C\C(C)NC.C=C1CC(O)CC/C1=C/C.CC.CC1(C(=C2CCC2)N2CC/C(=C\C=O)c3ccc(C(C)(F)P)cc32)CCC1. The van der Waals surface area contributed by atoms with Crippen molar-refractivity contribution < 1.29 is 14.3 Å². The number of nitrogens with zero attached hydrogens (tertiary/aromatic N) is 1. The number of carbonyl (C=O) groups excluding carboxylic acids is 1. The highest BCUT2D eigenvalue weighted by Crippen LogP contribution is 2.54. The van der Waals surface area contributed by atoms with Crippen LogP contribution in [0.25, 0.3) is 5.57 Å². The minimum absolute atomic E-state index is 0.142. The maximum atomic E-state index is 14.7. The molecule has 256 valence electrons. The number of likely N-dealkylation sites (N-methyl/N-ethyl adjacent to an activating group) is 1. The van der Waals surface area contributed by atoms with Crippen molar-refractivity contribution in [1.82, 2.24) is 5.32 Å². The van der Waals surface area contributed by atoms with E-state index in [1.165, 1.54) is 49.8 Å². The third kappa shape index (κ3) is 10.6. The van der Waals surface area contributed by atoms with E-state index in [2.05, 4.69) is 52.0 Å². The Morgan fingerprint density at radius 3 is 2.28 bits per heavy atom. The number of hydrogen-bond donors (Lipinski definition) is 2. The van der Waals surface area contributed by atoms with Gasteiger partial charge in [-0.3, -0.25) is 4.79 Å². The first-order valence-electron chi connectivity index (χ1n) is 17.5. The van der Waals surface area contributed by atoms with Crippen LogP contribution in [0.4, 0.5) is 10.1 Å². The average Bonchev–Trinajstić information content (AvgIpc) is 2.99. The van der Waals surface area contributed by atoms with Crippen molar-refractivity contribution in [2.75, 3.05) is 18.5 Å². The monoisotopic (exact) mass is 652 g/mol. The molecule has 1 aliphatic heterocycles. The van der Waals surface area contributed by atoms with Crippen LogP contribution in [0.2, 0.25) is 0 Å². The van der Waals surface area contributed by atoms with E-state index < -0.39 is 5.41 Å². The molecule has 1 aromatic carbocycles. The lowest BCUT2D eigenvalue weighted by molar-refractivity contribution is -0.104. The third-order valence-electron chi connectivity index (χ3n) is 9.63. The summed E-state index contributed by atoms with van der Waals surface area (Å²) in [5.41, 5.74) is 9.63. The summed E-state index contributed by atoms with van der Waals surface area (Å²) in [5.74, 6) is 0. The number of hydrogen-bond acceptors (Lipinski definition) is 4. The van der Waals surface area contributed by atoms with Crippen molar-refractivity contribution in [3.8, 4) is 0 Å². The smallest absolute Gasteiger partial charge is 0.145 e. The van der Waals surface area contributed by atoms with Crippen molar-refractivity contribution in [1.29, 1.82) is 0 Å². The summed E-state index contributed by atoms with van der Waals surface area (Å²) in [4.78, 5) is 13.6. The van der Waals surface area contributed by atoms with Gasteiger partial charge in [-0.1, -0.05) is 78.9 Å². The number of aldehydes is 1. The molecule has 4 aliphatic rings. The predicted molar refractivity (Wildman–Crippen MR) is 201 cm³/mol. The van der Waals surface area contributed by atoms with Crippen LogP contribution in [0.15, 0.2) is 71.5 Å². The Labute approximate surface area is 282 Å². The topological polar surface area (TPSA) is 52.6 Å². The van der Waals surface area contributed by atoms with Crippen molar-refractivity contribution in [3.05, 3.63) is 82.6 Å². The van der Waals surface area contributed by atoms with E-state index in [-0.39, 0.29) is 11.5 Å². The number of halogens is 1. The van der Waals surface area contributed by atoms with Gasteiger partial charge in [0, 0.05) is 34.9 Å². The highest BCUT2D eigenvalue weighted by atomic mass is 31.0. The largest absolute Gasteiger partial charge is 0.393 e. The zero-order valence-corrected chi connectivity index (χ0v) is 31.2. The van der Waals surface area contributed by atoms with Gasteiger partial charge in [0.15, 0.2) is 0 Å². The molecule has 5 rings (SSSR count). The van der Waals surface area contributed by atoms with E-state index >= 15 is 0 Å². The molecule has 46 heavy (non-hydrogen) atoms. The summed E-state index contributed by atoms with van der Waals surface area (Å²) in [6, 6.07) is 6.38. The summed E-state index contributed by atoms with van der Waals surface area (Å²) in [6.45, 7) is 18.9. The lowest BCUT2D eigenvalue weighted by Gasteiger charge is -2.50. The van der Waals surface area contributed by atoms with Gasteiger partial charge < -0.3 is 15.3 Å². The molecule has 0 aromatic heterocycles. The number of rotatable bonds is 6. The molecule has 0 bridgehead atoms. The maximum Gasteiger partial charge on any atom is 0.145 e. The molecular formula is C40H62FN2O2P. The molecule has 3 aliphatic carbocycles. The number of carbonyl (C=O) groups is 1. The summed E-state index contributed by atoms with van der Waals surface area (Å²) in [5, 5.41) is 10.8. The molecule has 4 atom stereocenters. The van der Waals surface area contributed by atoms with E-state index in [4.69, 9.17) is 0 Å². The highest BCUT2D eigenvalue weighted by molar-refractivity contribution is 7.18. The molecular weight excluding hydrogens is 590 g/mol. The third-order valence-corrected chi connectivity index (χ3v) is 9.96. The Hall–Kier alpha value is -2.33. The lowest BCUT2D eigenvalue weighted by Crippen LogP contribution is -2.42. The van der Waals surface area contributed by atoms with Crippen LogP contribution in [0.3, 0.4) is 0 Å². The van der Waals surface area contributed by atoms with Gasteiger partial charge in [-0.05, 0) is 127 Å². The van der Waals surface area contributed by atoms with E-state index in [9.17, 15) is 14.3 Å². The average molecular weight is 653 g/mol. The molecule has 1 heterocycles. The quantitative estimate of drug-likeness (QED) is 0.139. The summed E-state index contributed by atoms with van der Waals surface area (Å²) in [7, 11) is 4.25. The second-order valence-corrected chi connectivity index (χ2v) is 14.3. The van der Waals surface area contributed by atoms with Gasteiger partial charge >= 0.3 is 0 Å². The molecule has 0 radical (unpaired) electrons. The zero-order chi connectivity index (χ0) is 34.5. The number of nitrogens with one attached hydrogen (secondary N) is 1. The fourth-order valence-electron chi connectivity index (χ4n) is 6.53. The first-order valence-corrected chi connectivity index (χ1v) is 18.0. The Morgan fingerprint density at radius 2 is 1.85 bits per heavy atom. The van der Waals surface area contributed by atoms with E-state index in [0.29, 0.717) is 11.6 Å². The summed E-state index contributed by atoms with van der Waals surface area (Å²) in [6.07, 6.45) is 19.6. The Balaban J connectivity index is 0.000000319. The molecule has 3 fully saturated rings. The van der Waals surface area contributed by atoms with Gasteiger partial charge in [-0.2, -0.15) is 0 Å². The number of fused-ring (bicyclic) bond motifs is 1. The van der Waals surface area contributed by atoms with Crippen LogP contribution in [0.5, 0.6) is 0 Å². The standard InChI is InChI=1S/C23H29FNOP.C9H14O.C6H13N.C2H6/c1-22(11-4-12-22)21(17-5-3-6-17)25-13-9-16(10-14-26)19-8-7-18(15-20(19)25)23(2,24)27;1-3-8-4-5-9(10)6-7(8)2;1-4-5-6(2)7-3;1-2/h7-8,10,14-15H,3-6,9,11-13,27H2,1-2H3;3,9-10H,2,4-6H2,1H3;4-7H,1-3H3;1-2H3/b16-10+;8-3-;5-4-;. The Bertz CT molecular complexity index is 1280. The summed E-state index contributed by atoms with van der Waals surface area (Å²) >= 11 is 0. The van der Waals surface area contributed by atoms with Crippen LogP contribution in [-0.2, 0) is 10.2 Å². The molecule has 4 nitrogen and oxygen atoms in total. The molecule has 2 N–H and O–H groups in total. The van der Waals surface area contributed by atoms with Crippen molar-refractivity contribution in [2.45, 2.75) is 130 Å². The molecule has 0 amide bonds. The maximum absolute atomic E-state index is 14.7. The first-order chi connectivity index (χ1) is 21.9. The van der Waals surface area contributed by atoms with Gasteiger partial charge in [0.1, 0.15) is 11.7 Å². The molecule has 1 aromatic rings. The van der Waals surface area contributed by atoms with E-state index in [1.807, 2.05) is 59.0 Å².